The number of hydrogen-bond donors (Lipinski definition) is 1. The van der Waals surface area contributed by atoms with Gasteiger partial charge in [0.25, 0.3) is 0 Å². The minimum absolute atomic E-state index is 0.0835. The van der Waals surface area contributed by atoms with Crippen LogP contribution >= 0.6 is 0 Å². The van der Waals surface area contributed by atoms with E-state index in [1.807, 2.05) is 13.8 Å². The third-order valence-electron chi connectivity index (χ3n) is 2.49. The van der Waals surface area contributed by atoms with E-state index in [1.165, 1.54) is 7.11 Å². The van der Waals surface area contributed by atoms with Crippen molar-refractivity contribution < 1.29 is 14.3 Å². The zero-order chi connectivity index (χ0) is 12.0. The Labute approximate surface area is 91.4 Å². The van der Waals surface area contributed by atoms with Gasteiger partial charge in [-0.3, -0.25) is 4.79 Å². The number of esters is 1. The lowest BCUT2D eigenvalue weighted by atomic mass is 9.98. The van der Waals surface area contributed by atoms with Crippen LogP contribution in [0.2, 0.25) is 0 Å². The van der Waals surface area contributed by atoms with Gasteiger partial charge in [0.05, 0.1) is 7.11 Å². The van der Waals surface area contributed by atoms with Crippen molar-refractivity contribution in [2.24, 2.45) is 11.8 Å². The third kappa shape index (κ3) is 4.32. The standard InChI is InChI=1S/C11H21NO3/c1-6-8(4)9(11(14)15-5)12-10(13)7(2)3/h7-9H,6H2,1-5H3,(H,12,13)/t8-,9+/m1/s1. The summed E-state index contributed by atoms with van der Waals surface area (Å²) in [5, 5.41) is 2.70. The van der Waals surface area contributed by atoms with E-state index in [0.29, 0.717) is 0 Å². The van der Waals surface area contributed by atoms with Crippen LogP contribution < -0.4 is 5.32 Å². The van der Waals surface area contributed by atoms with Crippen LogP contribution in [0, 0.1) is 11.8 Å². The summed E-state index contributed by atoms with van der Waals surface area (Å²) >= 11 is 0. The first kappa shape index (κ1) is 13.9. The minimum Gasteiger partial charge on any atom is -0.467 e. The van der Waals surface area contributed by atoms with Crippen molar-refractivity contribution in [3.63, 3.8) is 0 Å². The summed E-state index contributed by atoms with van der Waals surface area (Å²) in [6.45, 7) is 7.48. The fraction of sp³-hybridized carbons (Fsp3) is 0.818. The van der Waals surface area contributed by atoms with Crippen molar-refractivity contribution >= 4 is 11.9 Å². The largest absolute Gasteiger partial charge is 0.467 e. The second kappa shape index (κ2) is 6.43. The van der Waals surface area contributed by atoms with Gasteiger partial charge in [0.15, 0.2) is 0 Å². The van der Waals surface area contributed by atoms with E-state index in [9.17, 15) is 9.59 Å². The predicted octanol–water partition coefficient (Wildman–Crippen LogP) is 1.35. The number of nitrogens with one attached hydrogen (secondary N) is 1. The van der Waals surface area contributed by atoms with E-state index in [4.69, 9.17) is 0 Å². The van der Waals surface area contributed by atoms with Crippen molar-refractivity contribution in [2.45, 2.75) is 40.2 Å². The fourth-order valence-corrected chi connectivity index (χ4v) is 1.12. The van der Waals surface area contributed by atoms with Crippen LogP contribution in [-0.2, 0) is 14.3 Å². The number of amides is 1. The molecule has 0 spiro atoms. The summed E-state index contributed by atoms with van der Waals surface area (Å²) in [5.74, 6) is -0.537. The molecule has 0 unspecified atom stereocenters. The summed E-state index contributed by atoms with van der Waals surface area (Å²) in [7, 11) is 1.33. The molecule has 0 aliphatic rings. The number of rotatable bonds is 5. The first-order valence-corrected chi connectivity index (χ1v) is 5.32. The highest BCUT2D eigenvalue weighted by Crippen LogP contribution is 2.10. The van der Waals surface area contributed by atoms with E-state index < -0.39 is 6.04 Å². The third-order valence-corrected chi connectivity index (χ3v) is 2.49. The maximum Gasteiger partial charge on any atom is 0.328 e. The highest BCUT2D eigenvalue weighted by atomic mass is 16.5. The van der Waals surface area contributed by atoms with Crippen LogP contribution in [0.1, 0.15) is 34.1 Å². The molecule has 0 aromatic carbocycles. The average Bonchev–Trinajstić information content (AvgIpc) is 2.23. The molecule has 0 radical (unpaired) electrons. The van der Waals surface area contributed by atoms with E-state index >= 15 is 0 Å². The second-order valence-electron chi connectivity index (χ2n) is 4.05. The zero-order valence-electron chi connectivity index (χ0n) is 10.2. The molecule has 2 atom stereocenters. The molecule has 0 aromatic rings. The molecule has 0 aliphatic heterocycles. The molecule has 0 saturated heterocycles. The summed E-state index contributed by atoms with van der Waals surface area (Å²) in [6.07, 6.45) is 0.818. The van der Waals surface area contributed by atoms with Gasteiger partial charge in [-0.25, -0.2) is 4.79 Å². The fourth-order valence-electron chi connectivity index (χ4n) is 1.12. The van der Waals surface area contributed by atoms with Crippen molar-refractivity contribution in [3.05, 3.63) is 0 Å². The summed E-state index contributed by atoms with van der Waals surface area (Å²) in [5.41, 5.74) is 0. The Morgan fingerprint density at radius 2 is 1.80 bits per heavy atom. The van der Waals surface area contributed by atoms with Crippen molar-refractivity contribution in [3.8, 4) is 0 Å². The molecular weight excluding hydrogens is 194 g/mol. The normalized spacial score (nSPS) is 14.5. The maximum atomic E-state index is 11.5. The lowest BCUT2D eigenvalue weighted by Crippen LogP contribution is -2.47. The molecule has 1 N–H and O–H groups in total. The molecule has 0 bridgehead atoms. The molecule has 15 heavy (non-hydrogen) atoms. The Balaban J connectivity index is 4.51. The number of methoxy groups -OCH3 is 1. The summed E-state index contributed by atoms with van der Waals surface area (Å²) < 4.78 is 4.66. The number of carbonyl (C=O) groups excluding carboxylic acids is 2. The average molecular weight is 215 g/mol. The second-order valence-corrected chi connectivity index (χ2v) is 4.05. The zero-order valence-corrected chi connectivity index (χ0v) is 10.2. The van der Waals surface area contributed by atoms with Crippen LogP contribution in [0.4, 0.5) is 0 Å². The monoisotopic (exact) mass is 215 g/mol. The minimum atomic E-state index is -0.533. The Hall–Kier alpha value is -1.06. The van der Waals surface area contributed by atoms with Crippen LogP contribution in [0.25, 0.3) is 0 Å². The lowest BCUT2D eigenvalue weighted by molar-refractivity contribution is -0.147. The van der Waals surface area contributed by atoms with Crippen molar-refractivity contribution in [2.75, 3.05) is 7.11 Å². The SMILES string of the molecule is CC[C@@H](C)[C@H](NC(=O)C(C)C)C(=O)OC. The van der Waals surface area contributed by atoms with Crippen LogP contribution in [-0.4, -0.2) is 25.0 Å². The molecule has 0 rings (SSSR count). The Kier molecular flexibility index (Phi) is 5.97. The van der Waals surface area contributed by atoms with Gasteiger partial charge in [-0.05, 0) is 5.92 Å². The topological polar surface area (TPSA) is 55.4 Å². The number of carbonyl (C=O) groups is 2. The molecule has 88 valence electrons. The molecule has 0 fully saturated rings. The van der Waals surface area contributed by atoms with Gasteiger partial charge in [-0.2, -0.15) is 0 Å². The van der Waals surface area contributed by atoms with E-state index in [2.05, 4.69) is 10.1 Å². The van der Waals surface area contributed by atoms with Gasteiger partial charge >= 0.3 is 5.97 Å². The molecule has 0 saturated carbocycles. The highest BCUT2D eigenvalue weighted by Gasteiger charge is 2.27. The van der Waals surface area contributed by atoms with E-state index in [0.717, 1.165) is 6.42 Å². The Morgan fingerprint density at radius 1 is 1.27 bits per heavy atom. The molecule has 4 heteroatoms. The van der Waals surface area contributed by atoms with Gasteiger partial charge in [0, 0.05) is 5.92 Å². The van der Waals surface area contributed by atoms with Gasteiger partial charge in [0.2, 0.25) is 5.91 Å². The number of hydrogen-bond acceptors (Lipinski definition) is 3. The maximum absolute atomic E-state index is 11.5. The summed E-state index contributed by atoms with van der Waals surface area (Å²) in [4.78, 5) is 22.9. The van der Waals surface area contributed by atoms with E-state index in [1.54, 1.807) is 13.8 Å². The van der Waals surface area contributed by atoms with Gasteiger partial charge in [-0.1, -0.05) is 34.1 Å². The van der Waals surface area contributed by atoms with Gasteiger partial charge in [-0.15, -0.1) is 0 Å². The molecule has 1 amide bonds. The number of ether oxygens (including phenoxy) is 1. The smallest absolute Gasteiger partial charge is 0.328 e. The summed E-state index contributed by atoms with van der Waals surface area (Å²) in [6, 6.07) is -0.533. The van der Waals surface area contributed by atoms with Gasteiger partial charge < -0.3 is 10.1 Å². The first-order chi connectivity index (χ1) is 6.93. The molecule has 4 nitrogen and oxygen atoms in total. The molecule has 0 heterocycles. The highest BCUT2D eigenvalue weighted by molar-refractivity contribution is 5.85. The van der Waals surface area contributed by atoms with Crippen molar-refractivity contribution in [1.82, 2.24) is 5.32 Å². The molecular formula is C11H21NO3. The van der Waals surface area contributed by atoms with Crippen LogP contribution in [0.3, 0.4) is 0 Å². The molecule has 0 aliphatic carbocycles. The first-order valence-electron chi connectivity index (χ1n) is 5.32. The van der Waals surface area contributed by atoms with E-state index in [-0.39, 0.29) is 23.7 Å². The lowest BCUT2D eigenvalue weighted by Gasteiger charge is -2.22. The van der Waals surface area contributed by atoms with Gasteiger partial charge in [0.1, 0.15) is 6.04 Å². The Morgan fingerprint density at radius 3 is 2.13 bits per heavy atom. The quantitative estimate of drug-likeness (QED) is 0.704. The molecule has 0 aromatic heterocycles. The van der Waals surface area contributed by atoms with Crippen LogP contribution in [0.15, 0.2) is 0 Å². The van der Waals surface area contributed by atoms with Crippen LogP contribution in [0.5, 0.6) is 0 Å². The predicted molar refractivity (Wildman–Crippen MR) is 58.2 cm³/mol. The Bertz CT molecular complexity index is 226. The van der Waals surface area contributed by atoms with Crippen molar-refractivity contribution in [1.29, 1.82) is 0 Å².